The third-order valence-corrected chi connectivity index (χ3v) is 5.39. The second-order valence-corrected chi connectivity index (χ2v) is 6.98. The van der Waals surface area contributed by atoms with Crippen molar-refractivity contribution in [1.82, 2.24) is 9.88 Å². The summed E-state index contributed by atoms with van der Waals surface area (Å²) in [6.45, 7) is 2.88. The summed E-state index contributed by atoms with van der Waals surface area (Å²) < 4.78 is 5.28. The predicted molar refractivity (Wildman–Crippen MR) is 88.3 cm³/mol. The molecule has 0 aliphatic carbocycles. The molecule has 0 bridgehead atoms. The summed E-state index contributed by atoms with van der Waals surface area (Å²) in [6.07, 6.45) is 6.92. The average Bonchev–Trinajstić information content (AvgIpc) is 3.27. The molecule has 2 unspecified atom stereocenters. The molecule has 7 nitrogen and oxygen atoms in total. The van der Waals surface area contributed by atoms with E-state index in [-0.39, 0.29) is 11.8 Å². The lowest BCUT2D eigenvalue weighted by Gasteiger charge is -2.23. The SMILES string of the molecule is COCC1CCCN1c1cnc(NC(=O)C2CCN(C#N)C2)s1. The number of rotatable bonds is 5. The number of carbonyl (C=O) groups excluding carboxylic acids is 1. The largest absolute Gasteiger partial charge is 0.383 e. The maximum atomic E-state index is 12.3. The van der Waals surface area contributed by atoms with Gasteiger partial charge in [0.05, 0.1) is 24.8 Å². The summed E-state index contributed by atoms with van der Waals surface area (Å²) >= 11 is 1.50. The Morgan fingerprint density at radius 1 is 1.57 bits per heavy atom. The quantitative estimate of drug-likeness (QED) is 0.821. The standard InChI is InChI=1S/C15H21N5O2S/c1-22-9-12-3-2-5-20(12)13-7-17-15(23-13)18-14(21)11-4-6-19(8-11)10-16/h7,11-12H,2-6,8-9H2,1H3,(H,17,18,21). The molecular weight excluding hydrogens is 314 g/mol. The Bertz CT molecular complexity index is 599. The van der Waals surface area contributed by atoms with Gasteiger partial charge in [-0.2, -0.15) is 5.26 Å². The number of nitriles is 1. The zero-order valence-electron chi connectivity index (χ0n) is 13.2. The molecule has 1 aromatic rings. The van der Waals surface area contributed by atoms with Gasteiger partial charge in [-0.15, -0.1) is 0 Å². The molecule has 0 radical (unpaired) electrons. The Morgan fingerprint density at radius 3 is 3.17 bits per heavy atom. The molecular formula is C15H21N5O2S. The number of methoxy groups -OCH3 is 1. The van der Waals surface area contributed by atoms with Crippen molar-refractivity contribution in [2.75, 3.05) is 43.6 Å². The maximum Gasteiger partial charge on any atom is 0.231 e. The molecule has 23 heavy (non-hydrogen) atoms. The minimum Gasteiger partial charge on any atom is -0.383 e. The maximum absolute atomic E-state index is 12.3. The number of aromatic nitrogens is 1. The first-order chi connectivity index (χ1) is 11.2. The van der Waals surface area contributed by atoms with E-state index in [0.29, 0.717) is 30.9 Å². The van der Waals surface area contributed by atoms with Crippen molar-refractivity contribution in [1.29, 1.82) is 5.26 Å². The summed E-state index contributed by atoms with van der Waals surface area (Å²) in [5.41, 5.74) is 0. The highest BCUT2D eigenvalue weighted by Crippen LogP contribution is 2.33. The van der Waals surface area contributed by atoms with Crippen LogP contribution in [0.25, 0.3) is 0 Å². The van der Waals surface area contributed by atoms with E-state index < -0.39 is 0 Å². The number of hydrogen-bond donors (Lipinski definition) is 1. The van der Waals surface area contributed by atoms with Crippen molar-refractivity contribution in [3.63, 3.8) is 0 Å². The molecule has 8 heteroatoms. The van der Waals surface area contributed by atoms with E-state index in [1.807, 2.05) is 6.20 Å². The Morgan fingerprint density at radius 2 is 2.43 bits per heavy atom. The number of ether oxygens (including phenoxy) is 1. The van der Waals surface area contributed by atoms with E-state index in [4.69, 9.17) is 10.00 Å². The Kier molecular flexibility index (Phi) is 4.98. The molecule has 2 fully saturated rings. The summed E-state index contributed by atoms with van der Waals surface area (Å²) in [5.74, 6) is -0.173. The lowest BCUT2D eigenvalue weighted by atomic mass is 10.1. The van der Waals surface area contributed by atoms with Crippen LogP contribution in [-0.2, 0) is 9.53 Å². The highest BCUT2D eigenvalue weighted by atomic mass is 32.1. The minimum absolute atomic E-state index is 0.0430. The number of nitrogens with one attached hydrogen (secondary N) is 1. The number of nitrogens with zero attached hydrogens (tertiary/aromatic N) is 4. The Hall–Kier alpha value is -1.85. The number of likely N-dealkylation sites (tertiary alicyclic amines) is 1. The highest BCUT2D eigenvalue weighted by molar-refractivity contribution is 7.19. The van der Waals surface area contributed by atoms with Gasteiger partial charge in [-0.25, -0.2) is 4.98 Å². The van der Waals surface area contributed by atoms with Crippen molar-refractivity contribution in [3.8, 4) is 6.19 Å². The Labute approximate surface area is 139 Å². The van der Waals surface area contributed by atoms with Gasteiger partial charge in [0.25, 0.3) is 0 Å². The van der Waals surface area contributed by atoms with Crippen molar-refractivity contribution >= 4 is 27.4 Å². The van der Waals surface area contributed by atoms with Gasteiger partial charge in [-0.05, 0) is 19.3 Å². The van der Waals surface area contributed by atoms with Gasteiger partial charge in [0, 0.05) is 26.7 Å². The molecule has 0 spiro atoms. The van der Waals surface area contributed by atoms with E-state index >= 15 is 0 Å². The first-order valence-electron chi connectivity index (χ1n) is 7.88. The fraction of sp³-hybridized carbons (Fsp3) is 0.667. The molecule has 1 aromatic heterocycles. The van der Waals surface area contributed by atoms with Gasteiger partial charge in [0.2, 0.25) is 5.91 Å². The van der Waals surface area contributed by atoms with E-state index in [1.165, 1.54) is 11.3 Å². The van der Waals surface area contributed by atoms with Crippen LogP contribution < -0.4 is 10.2 Å². The van der Waals surface area contributed by atoms with E-state index in [9.17, 15) is 4.79 Å². The van der Waals surface area contributed by atoms with Crippen molar-refractivity contribution < 1.29 is 9.53 Å². The predicted octanol–water partition coefficient (Wildman–Crippen LogP) is 1.50. The molecule has 0 aromatic carbocycles. The molecule has 2 aliphatic heterocycles. The third-order valence-electron chi connectivity index (χ3n) is 4.44. The fourth-order valence-corrected chi connectivity index (χ4v) is 4.14. The monoisotopic (exact) mass is 335 g/mol. The summed E-state index contributed by atoms with van der Waals surface area (Å²) in [7, 11) is 1.72. The van der Waals surface area contributed by atoms with E-state index in [1.54, 1.807) is 12.0 Å². The van der Waals surface area contributed by atoms with Gasteiger partial charge >= 0.3 is 0 Å². The second-order valence-electron chi connectivity index (χ2n) is 5.97. The Balaban J connectivity index is 1.59. The zero-order valence-corrected chi connectivity index (χ0v) is 14.0. The molecule has 3 heterocycles. The number of hydrogen-bond acceptors (Lipinski definition) is 7. The van der Waals surface area contributed by atoms with Crippen LogP contribution in [0.2, 0.25) is 0 Å². The van der Waals surface area contributed by atoms with Crippen LogP contribution in [0, 0.1) is 17.4 Å². The molecule has 2 atom stereocenters. The second kappa shape index (κ2) is 7.15. The van der Waals surface area contributed by atoms with Crippen LogP contribution >= 0.6 is 11.3 Å². The molecule has 2 saturated heterocycles. The first-order valence-corrected chi connectivity index (χ1v) is 8.70. The summed E-state index contributed by atoms with van der Waals surface area (Å²) in [5, 5.41) is 13.5. The van der Waals surface area contributed by atoms with Crippen LogP contribution in [0.5, 0.6) is 0 Å². The molecule has 0 saturated carbocycles. The van der Waals surface area contributed by atoms with Gasteiger partial charge in [-0.3, -0.25) is 4.79 Å². The van der Waals surface area contributed by atoms with E-state index in [0.717, 1.165) is 30.8 Å². The zero-order chi connectivity index (χ0) is 16.2. The van der Waals surface area contributed by atoms with Crippen LogP contribution in [0.3, 0.4) is 0 Å². The average molecular weight is 335 g/mol. The lowest BCUT2D eigenvalue weighted by molar-refractivity contribution is -0.119. The highest BCUT2D eigenvalue weighted by Gasteiger charge is 2.29. The van der Waals surface area contributed by atoms with Gasteiger partial charge in [-0.1, -0.05) is 11.3 Å². The van der Waals surface area contributed by atoms with Gasteiger partial charge in [0.15, 0.2) is 11.3 Å². The van der Waals surface area contributed by atoms with Gasteiger partial charge in [0.1, 0.15) is 5.00 Å². The molecule has 1 amide bonds. The molecule has 1 N–H and O–H groups in total. The smallest absolute Gasteiger partial charge is 0.231 e. The van der Waals surface area contributed by atoms with E-state index in [2.05, 4.69) is 21.4 Å². The van der Waals surface area contributed by atoms with Crippen LogP contribution in [-0.4, -0.2) is 55.2 Å². The van der Waals surface area contributed by atoms with Crippen LogP contribution in [0.15, 0.2) is 6.20 Å². The lowest BCUT2D eigenvalue weighted by Crippen LogP contribution is -2.32. The van der Waals surface area contributed by atoms with Gasteiger partial charge < -0.3 is 19.9 Å². The first kappa shape index (κ1) is 16.0. The van der Waals surface area contributed by atoms with Crippen LogP contribution in [0.4, 0.5) is 10.1 Å². The number of amides is 1. The molecule has 124 valence electrons. The summed E-state index contributed by atoms with van der Waals surface area (Å²) in [4.78, 5) is 20.5. The number of anilines is 2. The summed E-state index contributed by atoms with van der Waals surface area (Å²) in [6, 6.07) is 0.392. The van der Waals surface area contributed by atoms with Crippen LogP contribution in [0.1, 0.15) is 19.3 Å². The van der Waals surface area contributed by atoms with Crippen molar-refractivity contribution in [2.24, 2.45) is 5.92 Å². The minimum atomic E-state index is -0.130. The topological polar surface area (TPSA) is 81.5 Å². The number of carbonyl (C=O) groups is 1. The normalized spacial score (nSPS) is 24.0. The van der Waals surface area contributed by atoms with Crippen molar-refractivity contribution in [2.45, 2.75) is 25.3 Å². The van der Waals surface area contributed by atoms with Crippen molar-refractivity contribution in [3.05, 3.63) is 6.20 Å². The number of thiazole rings is 1. The molecule has 2 aliphatic rings. The third kappa shape index (κ3) is 3.57. The fourth-order valence-electron chi connectivity index (χ4n) is 3.22. The molecule has 3 rings (SSSR count).